The highest BCUT2D eigenvalue weighted by molar-refractivity contribution is 5.91. The fraction of sp³-hybridized carbons (Fsp3) is 0.562. The summed E-state index contributed by atoms with van der Waals surface area (Å²) in [4.78, 5) is 22.6. The standard InChI is InChI=1S/C16H25N3O4/c1-5-16(6-2,10-20)9-17-15(21)18-14-11(3)7-8-13(12(14)4)19(22)23/h7-8,20H,5-6,9-10H2,1-4H3,(H2,17,18,21). The second kappa shape index (κ2) is 7.92. The second-order valence-corrected chi connectivity index (χ2v) is 5.83. The van der Waals surface area contributed by atoms with Gasteiger partial charge in [0.2, 0.25) is 0 Å². The molecule has 0 aliphatic heterocycles. The Bertz CT molecular complexity index is 575. The number of aliphatic hydroxyl groups excluding tert-OH is 1. The molecular weight excluding hydrogens is 298 g/mol. The van der Waals surface area contributed by atoms with Gasteiger partial charge in [-0.3, -0.25) is 10.1 Å². The Kier molecular flexibility index (Phi) is 6.50. The van der Waals surface area contributed by atoms with Gasteiger partial charge >= 0.3 is 6.03 Å². The molecule has 0 aliphatic rings. The van der Waals surface area contributed by atoms with Crippen molar-refractivity contribution in [1.29, 1.82) is 0 Å². The lowest BCUT2D eigenvalue weighted by Gasteiger charge is -2.29. The van der Waals surface area contributed by atoms with E-state index in [9.17, 15) is 20.0 Å². The molecule has 7 nitrogen and oxygen atoms in total. The van der Waals surface area contributed by atoms with Crippen molar-refractivity contribution in [3.8, 4) is 0 Å². The number of nitro benzene ring substituents is 1. The molecule has 1 aromatic carbocycles. The number of nitrogens with zero attached hydrogens (tertiary/aromatic N) is 1. The predicted octanol–water partition coefficient (Wildman–Crippen LogP) is 3.13. The minimum atomic E-state index is -0.469. The summed E-state index contributed by atoms with van der Waals surface area (Å²) in [5.74, 6) is 0. The van der Waals surface area contributed by atoms with Crippen molar-refractivity contribution >= 4 is 17.4 Å². The van der Waals surface area contributed by atoms with Gasteiger partial charge in [-0.15, -0.1) is 0 Å². The van der Waals surface area contributed by atoms with Crippen LogP contribution in [0.4, 0.5) is 16.2 Å². The highest BCUT2D eigenvalue weighted by atomic mass is 16.6. The lowest BCUT2D eigenvalue weighted by molar-refractivity contribution is -0.385. The van der Waals surface area contributed by atoms with Crippen molar-refractivity contribution in [2.45, 2.75) is 40.5 Å². The van der Waals surface area contributed by atoms with Crippen LogP contribution < -0.4 is 10.6 Å². The summed E-state index contributed by atoms with van der Waals surface area (Å²) in [6.45, 7) is 7.66. The number of aliphatic hydroxyl groups is 1. The monoisotopic (exact) mass is 323 g/mol. The molecule has 0 fully saturated rings. The average Bonchev–Trinajstić information content (AvgIpc) is 2.53. The number of carbonyl (C=O) groups is 1. The number of urea groups is 1. The molecule has 0 aliphatic carbocycles. The van der Waals surface area contributed by atoms with Crippen molar-refractivity contribution in [2.75, 3.05) is 18.5 Å². The fourth-order valence-corrected chi connectivity index (χ4v) is 2.43. The van der Waals surface area contributed by atoms with E-state index in [1.165, 1.54) is 6.07 Å². The van der Waals surface area contributed by atoms with Crippen LogP contribution in [0.5, 0.6) is 0 Å². The summed E-state index contributed by atoms with van der Waals surface area (Å²) < 4.78 is 0. The molecule has 23 heavy (non-hydrogen) atoms. The normalized spacial score (nSPS) is 11.2. The molecule has 1 rings (SSSR count). The molecule has 0 unspecified atom stereocenters. The zero-order chi connectivity index (χ0) is 17.6. The Labute approximate surface area is 136 Å². The van der Waals surface area contributed by atoms with Crippen molar-refractivity contribution in [3.05, 3.63) is 33.4 Å². The van der Waals surface area contributed by atoms with Gasteiger partial charge in [0.15, 0.2) is 0 Å². The van der Waals surface area contributed by atoms with E-state index in [0.717, 1.165) is 18.4 Å². The van der Waals surface area contributed by atoms with Crippen LogP contribution in [0.15, 0.2) is 12.1 Å². The van der Waals surface area contributed by atoms with Gasteiger partial charge in [-0.2, -0.15) is 0 Å². The van der Waals surface area contributed by atoms with Gasteiger partial charge in [0.05, 0.1) is 22.8 Å². The molecule has 3 N–H and O–H groups in total. The molecular formula is C16H25N3O4. The molecule has 0 spiro atoms. The largest absolute Gasteiger partial charge is 0.396 e. The van der Waals surface area contributed by atoms with E-state index in [2.05, 4.69) is 10.6 Å². The highest BCUT2D eigenvalue weighted by Gasteiger charge is 2.26. The van der Waals surface area contributed by atoms with Gasteiger partial charge in [-0.05, 0) is 32.3 Å². The van der Waals surface area contributed by atoms with E-state index in [4.69, 9.17) is 0 Å². The third-order valence-electron chi connectivity index (χ3n) is 4.54. The van der Waals surface area contributed by atoms with E-state index in [1.54, 1.807) is 19.9 Å². The lowest BCUT2D eigenvalue weighted by Crippen LogP contribution is -2.41. The number of nitro groups is 1. The first kappa shape index (κ1) is 18.9. The van der Waals surface area contributed by atoms with E-state index in [0.29, 0.717) is 17.8 Å². The zero-order valence-electron chi connectivity index (χ0n) is 14.1. The van der Waals surface area contributed by atoms with Crippen molar-refractivity contribution in [1.82, 2.24) is 5.32 Å². The maximum atomic E-state index is 12.1. The SMILES string of the molecule is CCC(CC)(CO)CNC(=O)Nc1c(C)ccc([N+](=O)[O-])c1C. The minimum absolute atomic E-state index is 0.00482. The number of aryl methyl sites for hydroxylation is 1. The first-order valence-corrected chi connectivity index (χ1v) is 7.70. The summed E-state index contributed by atoms with van der Waals surface area (Å²) in [6, 6.07) is 2.60. The van der Waals surface area contributed by atoms with Gasteiger partial charge in [-0.1, -0.05) is 19.9 Å². The molecule has 0 atom stereocenters. The molecule has 1 aromatic rings. The van der Waals surface area contributed by atoms with E-state index in [1.807, 2.05) is 13.8 Å². The number of benzene rings is 1. The summed E-state index contributed by atoms with van der Waals surface area (Å²) in [7, 11) is 0. The Balaban J connectivity index is 2.86. The fourth-order valence-electron chi connectivity index (χ4n) is 2.43. The number of hydrogen-bond acceptors (Lipinski definition) is 4. The molecule has 128 valence electrons. The zero-order valence-corrected chi connectivity index (χ0v) is 14.1. The van der Waals surface area contributed by atoms with Crippen LogP contribution in [0.2, 0.25) is 0 Å². The summed E-state index contributed by atoms with van der Waals surface area (Å²) in [5.41, 5.74) is 1.24. The third-order valence-corrected chi connectivity index (χ3v) is 4.54. The smallest absolute Gasteiger partial charge is 0.319 e. The van der Waals surface area contributed by atoms with Gasteiger partial charge in [0.1, 0.15) is 0 Å². The van der Waals surface area contributed by atoms with Crippen LogP contribution in [0.1, 0.15) is 37.8 Å². The van der Waals surface area contributed by atoms with Gasteiger partial charge in [0, 0.05) is 18.0 Å². The average molecular weight is 323 g/mol. The first-order valence-electron chi connectivity index (χ1n) is 7.70. The minimum Gasteiger partial charge on any atom is -0.396 e. The number of carbonyl (C=O) groups excluding carboxylic acids is 1. The van der Waals surface area contributed by atoms with Gasteiger partial charge in [0.25, 0.3) is 5.69 Å². The molecule has 0 radical (unpaired) electrons. The molecule has 7 heteroatoms. The quantitative estimate of drug-likeness (QED) is 0.529. The molecule has 0 heterocycles. The number of rotatable bonds is 7. The third kappa shape index (κ3) is 4.41. The summed E-state index contributed by atoms with van der Waals surface area (Å²) in [6.07, 6.45) is 1.49. The lowest BCUT2D eigenvalue weighted by atomic mass is 9.83. The predicted molar refractivity (Wildman–Crippen MR) is 89.7 cm³/mol. The Morgan fingerprint density at radius 1 is 1.30 bits per heavy atom. The van der Waals surface area contributed by atoms with Gasteiger partial charge < -0.3 is 15.7 Å². The molecule has 0 bridgehead atoms. The first-order chi connectivity index (χ1) is 10.8. The van der Waals surface area contributed by atoms with Crippen molar-refractivity contribution in [3.63, 3.8) is 0 Å². The Morgan fingerprint density at radius 2 is 1.91 bits per heavy atom. The summed E-state index contributed by atoms with van der Waals surface area (Å²) >= 11 is 0. The maximum absolute atomic E-state index is 12.1. The van der Waals surface area contributed by atoms with Crippen LogP contribution in [-0.4, -0.2) is 29.2 Å². The van der Waals surface area contributed by atoms with Crippen LogP contribution in [0.25, 0.3) is 0 Å². The van der Waals surface area contributed by atoms with Crippen LogP contribution >= 0.6 is 0 Å². The van der Waals surface area contributed by atoms with Crippen LogP contribution in [0.3, 0.4) is 0 Å². The molecule has 0 saturated heterocycles. The second-order valence-electron chi connectivity index (χ2n) is 5.83. The molecule has 2 amide bonds. The highest BCUT2D eigenvalue weighted by Crippen LogP contribution is 2.29. The van der Waals surface area contributed by atoms with E-state index in [-0.39, 0.29) is 17.7 Å². The Hall–Kier alpha value is -2.15. The number of hydrogen-bond donors (Lipinski definition) is 3. The summed E-state index contributed by atoms with van der Waals surface area (Å²) in [5, 5.41) is 25.9. The molecule has 0 aromatic heterocycles. The Morgan fingerprint density at radius 3 is 2.39 bits per heavy atom. The molecule has 0 saturated carbocycles. The van der Waals surface area contributed by atoms with Crippen molar-refractivity contribution < 1.29 is 14.8 Å². The number of amides is 2. The van der Waals surface area contributed by atoms with Crippen LogP contribution in [-0.2, 0) is 0 Å². The van der Waals surface area contributed by atoms with Crippen LogP contribution in [0, 0.1) is 29.4 Å². The van der Waals surface area contributed by atoms with E-state index >= 15 is 0 Å². The number of nitrogens with one attached hydrogen (secondary N) is 2. The number of anilines is 1. The van der Waals surface area contributed by atoms with Crippen molar-refractivity contribution in [2.24, 2.45) is 5.41 Å². The van der Waals surface area contributed by atoms with Gasteiger partial charge in [-0.25, -0.2) is 4.79 Å². The maximum Gasteiger partial charge on any atom is 0.319 e. The van der Waals surface area contributed by atoms with E-state index < -0.39 is 11.0 Å². The topological polar surface area (TPSA) is 104 Å².